The molecule has 0 bridgehead atoms. The topological polar surface area (TPSA) is 54.7 Å². The van der Waals surface area contributed by atoms with E-state index in [1.165, 1.54) is 12.1 Å². The molecule has 21 heavy (non-hydrogen) atoms. The first kappa shape index (κ1) is 15.6. The van der Waals surface area contributed by atoms with E-state index in [4.69, 9.17) is 5.73 Å². The van der Waals surface area contributed by atoms with Gasteiger partial charge in [0.1, 0.15) is 5.82 Å². The van der Waals surface area contributed by atoms with E-state index in [0.29, 0.717) is 23.7 Å². The second-order valence-corrected chi connectivity index (χ2v) is 5.34. The number of aromatic amines is 1. The van der Waals surface area contributed by atoms with E-state index in [1.54, 1.807) is 6.20 Å². The fraction of sp³-hybridized carbons (Fsp3) is 0.400. The van der Waals surface area contributed by atoms with Crippen molar-refractivity contribution < 1.29 is 13.2 Å². The van der Waals surface area contributed by atoms with Gasteiger partial charge in [-0.1, -0.05) is 26.0 Å². The number of imidazole rings is 1. The van der Waals surface area contributed by atoms with Gasteiger partial charge in [0.15, 0.2) is 0 Å². The molecule has 0 aliphatic carbocycles. The van der Waals surface area contributed by atoms with Crippen molar-refractivity contribution in [3.63, 3.8) is 0 Å². The molecule has 114 valence electrons. The van der Waals surface area contributed by atoms with Crippen LogP contribution in [-0.2, 0) is 6.18 Å². The molecule has 1 atom stereocenters. The van der Waals surface area contributed by atoms with Crippen molar-refractivity contribution >= 4 is 0 Å². The summed E-state index contributed by atoms with van der Waals surface area (Å²) in [5, 5.41) is 0. The summed E-state index contributed by atoms with van der Waals surface area (Å²) in [6.45, 7) is 4.58. The maximum absolute atomic E-state index is 12.5. The third-order valence-corrected chi connectivity index (χ3v) is 3.53. The van der Waals surface area contributed by atoms with Gasteiger partial charge in [-0.2, -0.15) is 13.2 Å². The highest BCUT2D eigenvalue weighted by atomic mass is 19.4. The molecule has 1 aromatic carbocycles. The van der Waals surface area contributed by atoms with Crippen molar-refractivity contribution in [3.8, 4) is 11.3 Å². The van der Waals surface area contributed by atoms with Gasteiger partial charge in [-0.15, -0.1) is 0 Å². The Balaban J connectivity index is 2.25. The first-order valence-electron chi connectivity index (χ1n) is 6.75. The van der Waals surface area contributed by atoms with E-state index in [1.807, 2.05) is 0 Å². The normalized spacial score (nSPS) is 13.7. The zero-order valence-corrected chi connectivity index (χ0v) is 11.9. The van der Waals surface area contributed by atoms with Crippen LogP contribution >= 0.6 is 0 Å². The lowest BCUT2D eigenvalue weighted by Gasteiger charge is -2.15. The zero-order chi connectivity index (χ0) is 15.6. The number of H-pyrrole nitrogens is 1. The summed E-state index contributed by atoms with van der Waals surface area (Å²) in [5.74, 6) is 1.21. The second-order valence-electron chi connectivity index (χ2n) is 5.34. The first-order chi connectivity index (χ1) is 9.82. The average molecular weight is 297 g/mol. The van der Waals surface area contributed by atoms with Crippen LogP contribution in [0.25, 0.3) is 11.3 Å². The SMILES string of the molecule is CC(C)C(CN)c1ncc(-c2ccc(C(F)(F)F)cc2)[nH]1. The summed E-state index contributed by atoms with van der Waals surface area (Å²) in [5.41, 5.74) is 6.44. The number of hydrogen-bond donors (Lipinski definition) is 2. The summed E-state index contributed by atoms with van der Waals surface area (Å²) in [6.07, 6.45) is -2.69. The van der Waals surface area contributed by atoms with Gasteiger partial charge < -0.3 is 10.7 Å². The third kappa shape index (κ3) is 3.44. The van der Waals surface area contributed by atoms with Crippen LogP contribution in [0.3, 0.4) is 0 Å². The van der Waals surface area contributed by atoms with Gasteiger partial charge in [-0.25, -0.2) is 4.98 Å². The van der Waals surface area contributed by atoms with E-state index < -0.39 is 11.7 Å². The van der Waals surface area contributed by atoms with Crippen LogP contribution in [-0.4, -0.2) is 16.5 Å². The molecule has 0 radical (unpaired) electrons. The second kappa shape index (κ2) is 5.89. The summed E-state index contributed by atoms with van der Waals surface area (Å²) < 4.78 is 37.6. The van der Waals surface area contributed by atoms with E-state index in [9.17, 15) is 13.2 Å². The summed E-state index contributed by atoms with van der Waals surface area (Å²) in [4.78, 5) is 7.45. The standard InChI is InChI=1S/C15H18F3N3/c1-9(2)12(7-19)14-20-8-13(21-14)10-3-5-11(6-4-10)15(16,17)18/h3-6,8-9,12H,7,19H2,1-2H3,(H,20,21). The number of halogens is 3. The largest absolute Gasteiger partial charge is 0.416 e. The highest BCUT2D eigenvalue weighted by molar-refractivity contribution is 5.59. The van der Waals surface area contributed by atoms with Crippen LogP contribution in [0, 0.1) is 5.92 Å². The van der Waals surface area contributed by atoms with E-state index in [0.717, 1.165) is 18.0 Å². The van der Waals surface area contributed by atoms with E-state index in [2.05, 4.69) is 23.8 Å². The zero-order valence-electron chi connectivity index (χ0n) is 11.9. The van der Waals surface area contributed by atoms with Gasteiger partial charge in [0.2, 0.25) is 0 Å². The Morgan fingerprint density at radius 1 is 1.19 bits per heavy atom. The molecule has 0 saturated heterocycles. The van der Waals surface area contributed by atoms with Gasteiger partial charge in [0, 0.05) is 12.5 Å². The van der Waals surface area contributed by atoms with Gasteiger partial charge in [-0.05, 0) is 23.6 Å². The number of hydrogen-bond acceptors (Lipinski definition) is 2. The summed E-state index contributed by atoms with van der Waals surface area (Å²) >= 11 is 0. The highest BCUT2D eigenvalue weighted by Gasteiger charge is 2.30. The molecule has 3 nitrogen and oxygen atoms in total. The number of nitrogens with two attached hydrogens (primary N) is 1. The Hall–Kier alpha value is -1.82. The highest BCUT2D eigenvalue weighted by Crippen LogP contribution is 2.31. The van der Waals surface area contributed by atoms with Crippen molar-refractivity contribution in [2.75, 3.05) is 6.54 Å². The molecule has 0 aliphatic rings. The Kier molecular flexibility index (Phi) is 4.37. The maximum atomic E-state index is 12.5. The molecule has 2 aromatic rings. The molecule has 0 spiro atoms. The number of alkyl halides is 3. The monoisotopic (exact) mass is 297 g/mol. The number of benzene rings is 1. The molecule has 0 saturated carbocycles. The number of rotatable bonds is 4. The van der Waals surface area contributed by atoms with Crippen LogP contribution in [0.4, 0.5) is 13.2 Å². The van der Waals surface area contributed by atoms with E-state index in [-0.39, 0.29) is 5.92 Å². The molecular formula is C15H18F3N3. The van der Waals surface area contributed by atoms with Crippen molar-refractivity contribution in [1.82, 2.24) is 9.97 Å². The third-order valence-electron chi connectivity index (χ3n) is 3.53. The average Bonchev–Trinajstić information content (AvgIpc) is 2.88. The summed E-state index contributed by atoms with van der Waals surface area (Å²) in [6, 6.07) is 5.01. The molecule has 0 amide bonds. The minimum absolute atomic E-state index is 0.105. The number of aromatic nitrogens is 2. The van der Waals surface area contributed by atoms with Crippen LogP contribution in [0.5, 0.6) is 0 Å². The van der Waals surface area contributed by atoms with Gasteiger partial charge in [-0.3, -0.25) is 0 Å². The Morgan fingerprint density at radius 2 is 1.81 bits per heavy atom. The fourth-order valence-electron chi connectivity index (χ4n) is 2.21. The number of nitrogens with one attached hydrogen (secondary N) is 1. The van der Waals surface area contributed by atoms with Crippen molar-refractivity contribution in [2.45, 2.75) is 25.9 Å². The van der Waals surface area contributed by atoms with Gasteiger partial charge in [0.05, 0.1) is 17.5 Å². The predicted octanol–water partition coefficient (Wildman–Crippen LogP) is 3.79. The molecule has 0 fully saturated rings. The fourth-order valence-corrected chi connectivity index (χ4v) is 2.21. The van der Waals surface area contributed by atoms with Crippen molar-refractivity contribution in [1.29, 1.82) is 0 Å². The van der Waals surface area contributed by atoms with E-state index >= 15 is 0 Å². The van der Waals surface area contributed by atoms with Gasteiger partial charge in [0.25, 0.3) is 0 Å². The van der Waals surface area contributed by atoms with Crippen LogP contribution < -0.4 is 5.73 Å². The lowest BCUT2D eigenvalue weighted by Crippen LogP contribution is -2.19. The van der Waals surface area contributed by atoms with Gasteiger partial charge >= 0.3 is 6.18 Å². The minimum Gasteiger partial charge on any atom is -0.342 e. The van der Waals surface area contributed by atoms with Crippen LogP contribution in [0.2, 0.25) is 0 Å². The molecule has 1 unspecified atom stereocenters. The van der Waals surface area contributed by atoms with Crippen molar-refractivity contribution in [2.24, 2.45) is 11.7 Å². The minimum atomic E-state index is -4.32. The molecular weight excluding hydrogens is 279 g/mol. The summed E-state index contributed by atoms with van der Waals surface area (Å²) in [7, 11) is 0. The Labute approximate surface area is 121 Å². The first-order valence-corrected chi connectivity index (χ1v) is 6.75. The predicted molar refractivity (Wildman–Crippen MR) is 75.7 cm³/mol. The number of nitrogens with zero attached hydrogens (tertiary/aromatic N) is 1. The molecule has 6 heteroatoms. The maximum Gasteiger partial charge on any atom is 0.416 e. The molecule has 0 aliphatic heterocycles. The lowest BCUT2D eigenvalue weighted by atomic mass is 9.95. The molecule has 1 heterocycles. The Bertz CT molecular complexity index is 585. The quantitative estimate of drug-likeness (QED) is 0.902. The Morgan fingerprint density at radius 3 is 2.29 bits per heavy atom. The van der Waals surface area contributed by atoms with Crippen LogP contribution in [0.1, 0.15) is 31.2 Å². The molecule has 1 aromatic heterocycles. The van der Waals surface area contributed by atoms with Crippen molar-refractivity contribution in [3.05, 3.63) is 41.9 Å². The smallest absolute Gasteiger partial charge is 0.342 e. The molecule has 3 N–H and O–H groups in total. The lowest BCUT2D eigenvalue weighted by molar-refractivity contribution is -0.137. The van der Waals surface area contributed by atoms with Crippen LogP contribution in [0.15, 0.2) is 30.5 Å². The molecule has 2 rings (SSSR count).